The van der Waals surface area contributed by atoms with Crippen LogP contribution in [0.4, 0.5) is 24.5 Å². The molecule has 2 rings (SSSR count). The van der Waals surface area contributed by atoms with E-state index in [4.69, 9.17) is 5.73 Å². The van der Waals surface area contributed by atoms with E-state index >= 15 is 0 Å². The van der Waals surface area contributed by atoms with Gasteiger partial charge in [-0.25, -0.2) is 0 Å². The summed E-state index contributed by atoms with van der Waals surface area (Å²) in [6.45, 7) is -1.45. The van der Waals surface area contributed by atoms with Gasteiger partial charge in [-0.05, 0) is 12.1 Å². The SMILES string of the molecule is Nc1cn[nH]c1C(=O)Nc1ccccc1OCC(F)(F)F. The number of hydrogen-bond acceptors (Lipinski definition) is 4. The number of hydrogen-bond donors (Lipinski definition) is 3. The van der Waals surface area contributed by atoms with E-state index in [0.717, 1.165) is 0 Å². The summed E-state index contributed by atoms with van der Waals surface area (Å²) in [4.78, 5) is 11.9. The molecule has 0 saturated carbocycles. The number of ether oxygens (including phenoxy) is 1. The third kappa shape index (κ3) is 3.88. The van der Waals surface area contributed by atoms with Gasteiger partial charge in [0.15, 0.2) is 6.61 Å². The van der Waals surface area contributed by atoms with Crippen molar-refractivity contribution in [1.29, 1.82) is 0 Å². The van der Waals surface area contributed by atoms with Crippen molar-refractivity contribution in [3.63, 3.8) is 0 Å². The number of aromatic amines is 1. The highest BCUT2D eigenvalue weighted by atomic mass is 19.4. The molecule has 1 heterocycles. The topological polar surface area (TPSA) is 93.0 Å². The Morgan fingerprint density at radius 1 is 1.38 bits per heavy atom. The van der Waals surface area contributed by atoms with Gasteiger partial charge in [-0.3, -0.25) is 9.89 Å². The Kier molecular flexibility index (Phi) is 4.01. The molecular weight excluding hydrogens is 289 g/mol. The number of rotatable bonds is 4. The Hall–Kier alpha value is -2.71. The van der Waals surface area contributed by atoms with Gasteiger partial charge in [0, 0.05) is 0 Å². The van der Waals surface area contributed by atoms with Crippen LogP contribution in [0.15, 0.2) is 30.5 Å². The Balaban J connectivity index is 2.13. The molecule has 0 aliphatic rings. The zero-order valence-corrected chi connectivity index (χ0v) is 10.6. The van der Waals surface area contributed by atoms with E-state index in [2.05, 4.69) is 20.3 Å². The van der Waals surface area contributed by atoms with Gasteiger partial charge in [0.1, 0.15) is 11.4 Å². The van der Waals surface area contributed by atoms with E-state index in [1.165, 1.54) is 24.4 Å². The van der Waals surface area contributed by atoms with Crippen molar-refractivity contribution in [2.45, 2.75) is 6.18 Å². The number of anilines is 2. The minimum Gasteiger partial charge on any atom is -0.482 e. The molecule has 2 aromatic rings. The quantitative estimate of drug-likeness (QED) is 0.807. The van der Waals surface area contributed by atoms with Crippen LogP contribution in [0.5, 0.6) is 5.75 Å². The van der Waals surface area contributed by atoms with Gasteiger partial charge in [-0.1, -0.05) is 12.1 Å². The van der Waals surface area contributed by atoms with E-state index in [-0.39, 0.29) is 22.8 Å². The van der Waals surface area contributed by atoms with Gasteiger partial charge >= 0.3 is 6.18 Å². The largest absolute Gasteiger partial charge is 0.482 e. The molecule has 1 aromatic heterocycles. The number of benzene rings is 1. The second-order valence-electron chi connectivity index (χ2n) is 4.05. The molecule has 1 aromatic carbocycles. The Morgan fingerprint density at radius 3 is 2.71 bits per heavy atom. The lowest BCUT2D eigenvalue weighted by molar-refractivity contribution is -0.153. The third-order valence-corrected chi connectivity index (χ3v) is 2.42. The lowest BCUT2D eigenvalue weighted by Crippen LogP contribution is -2.20. The summed E-state index contributed by atoms with van der Waals surface area (Å²) in [5.41, 5.74) is 5.75. The van der Waals surface area contributed by atoms with Crippen LogP contribution >= 0.6 is 0 Å². The molecule has 0 fully saturated rings. The maximum absolute atomic E-state index is 12.2. The number of amides is 1. The van der Waals surface area contributed by atoms with Gasteiger partial charge in [0.05, 0.1) is 17.6 Å². The molecule has 21 heavy (non-hydrogen) atoms. The zero-order valence-electron chi connectivity index (χ0n) is 10.6. The summed E-state index contributed by atoms with van der Waals surface area (Å²) < 4.78 is 41.2. The molecule has 9 heteroatoms. The molecular formula is C12H11F3N4O2. The fourth-order valence-corrected chi connectivity index (χ4v) is 1.52. The summed E-state index contributed by atoms with van der Waals surface area (Å²) in [6.07, 6.45) is -3.22. The molecule has 0 saturated heterocycles. The number of nitrogens with two attached hydrogens (primary N) is 1. The van der Waals surface area contributed by atoms with Crippen molar-refractivity contribution in [3.8, 4) is 5.75 Å². The maximum atomic E-state index is 12.2. The second kappa shape index (κ2) is 5.73. The second-order valence-corrected chi connectivity index (χ2v) is 4.05. The fraction of sp³-hybridized carbons (Fsp3) is 0.167. The van der Waals surface area contributed by atoms with Gasteiger partial charge in [-0.15, -0.1) is 0 Å². The van der Waals surface area contributed by atoms with Crippen LogP contribution in [-0.4, -0.2) is 28.9 Å². The van der Waals surface area contributed by atoms with Crippen molar-refractivity contribution in [1.82, 2.24) is 10.2 Å². The molecule has 0 aliphatic heterocycles. The molecule has 0 aliphatic carbocycles. The van der Waals surface area contributed by atoms with E-state index in [0.29, 0.717) is 0 Å². The van der Waals surface area contributed by atoms with Crippen molar-refractivity contribution < 1.29 is 22.7 Å². The van der Waals surface area contributed by atoms with Crippen molar-refractivity contribution in [3.05, 3.63) is 36.2 Å². The Bertz CT molecular complexity index is 639. The average Bonchev–Trinajstić information content (AvgIpc) is 2.83. The van der Waals surface area contributed by atoms with Crippen LogP contribution in [0.25, 0.3) is 0 Å². The molecule has 4 N–H and O–H groups in total. The number of carbonyl (C=O) groups is 1. The number of para-hydroxylation sites is 2. The van der Waals surface area contributed by atoms with Crippen LogP contribution < -0.4 is 15.8 Å². The summed E-state index contributed by atoms with van der Waals surface area (Å²) in [5, 5.41) is 8.39. The van der Waals surface area contributed by atoms with E-state index in [1.807, 2.05) is 0 Å². The monoisotopic (exact) mass is 300 g/mol. The molecule has 112 valence electrons. The highest BCUT2D eigenvalue weighted by Crippen LogP contribution is 2.26. The summed E-state index contributed by atoms with van der Waals surface area (Å²) in [7, 11) is 0. The maximum Gasteiger partial charge on any atom is 0.422 e. The van der Waals surface area contributed by atoms with Crippen LogP contribution in [0.3, 0.4) is 0 Å². The van der Waals surface area contributed by atoms with E-state index in [1.54, 1.807) is 6.07 Å². The van der Waals surface area contributed by atoms with Gasteiger partial charge < -0.3 is 15.8 Å². The summed E-state index contributed by atoms with van der Waals surface area (Å²) >= 11 is 0. The third-order valence-electron chi connectivity index (χ3n) is 2.42. The fourth-order valence-electron chi connectivity index (χ4n) is 1.52. The van der Waals surface area contributed by atoms with Crippen LogP contribution in [-0.2, 0) is 0 Å². The first-order valence-electron chi connectivity index (χ1n) is 5.75. The van der Waals surface area contributed by atoms with Gasteiger partial charge in [0.25, 0.3) is 5.91 Å². The lowest BCUT2D eigenvalue weighted by atomic mass is 10.2. The molecule has 6 nitrogen and oxygen atoms in total. The number of aromatic nitrogens is 2. The number of H-pyrrole nitrogens is 1. The minimum absolute atomic E-state index is 0.0145. The highest BCUT2D eigenvalue weighted by Gasteiger charge is 2.29. The first-order valence-corrected chi connectivity index (χ1v) is 5.75. The van der Waals surface area contributed by atoms with E-state index in [9.17, 15) is 18.0 Å². The summed E-state index contributed by atoms with van der Waals surface area (Å²) in [5.74, 6) is -0.727. The normalized spacial score (nSPS) is 11.2. The first-order chi connectivity index (χ1) is 9.87. The van der Waals surface area contributed by atoms with Crippen molar-refractivity contribution in [2.75, 3.05) is 17.7 Å². The number of nitrogens with zero attached hydrogens (tertiary/aromatic N) is 1. The molecule has 0 radical (unpaired) electrons. The predicted octanol–water partition coefficient (Wildman–Crippen LogP) is 2.19. The van der Waals surface area contributed by atoms with E-state index < -0.39 is 18.7 Å². The van der Waals surface area contributed by atoms with Gasteiger partial charge in [-0.2, -0.15) is 18.3 Å². The molecule has 0 spiro atoms. The standard InChI is InChI=1S/C12H11F3N4O2/c13-12(14,15)6-21-9-4-2-1-3-8(9)18-11(20)10-7(16)5-17-19-10/h1-5H,6,16H2,(H,17,19)(H,18,20). The van der Waals surface area contributed by atoms with Crippen molar-refractivity contribution in [2.24, 2.45) is 0 Å². The number of nitrogens with one attached hydrogen (secondary N) is 2. The average molecular weight is 300 g/mol. The van der Waals surface area contributed by atoms with Gasteiger partial charge in [0.2, 0.25) is 0 Å². The zero-order chi connectivity index (χ0) is 15.5. The smallest absolute Gasteiger partial charge is 0.422 e. The number of halogens is 3. The molecule has 0 atom stereocenters. The molecule has 1 amide bonds. The number of alkyl halides is 3. The van der Waals surface area contributed by atoms with Crippen LogP contribution in [0.2, 0.25) is 0 Å². The minimum atomic E-state index is -4.47. The molecule has 0 bridgehead atoms. The van der Waals surface area contributed by atoms with Crippen LogP contribution in [0, 0.1) is 0 Å². The lowest BCUT2D eigenvalue weighted by Gasteiger charge is -2.13. The summed E-state index contributed by atoms with van der Waals surface area (Å²) in [6, 6.07) is 5.77. The number of carbonyl (C=O) groups excluding carboxylic acids is 1. The van der Waals surface area contributed by atoms with Crippen LogP contribution in [0.1, 0.15) is 10.5 Å². The Labute approximate surface area is 117 Å². The highest BCUT2D eigenvalue weighted by molar-refractivity contribution is 6.06. The molecule has 0 unspecified atom stereocenters. The Morgan fingerprint density at radius 2 is 2.10 bits per heavy atom. The van der Waals surface area contributed by atoms with Crippen molar-refractivity contribution >= 4 is 17.3 Å². The first kappa shape index (κ1) is 14.7. The predicted molar refractivity (Wildman–Crippen MR) is 68.9 cm³/mol. The number of nitrogen functional groups attached to an aromatic ring is 1.